The number of cyclic esters (lactones) is 1. The second-order valence-electron chi connectivity index (χ2n) is 1.82. The van der Waals surface area contributed by atoms with Crippen molar-refractivity contribution >= 4 is 17.7 Å². The van der Waals surface area contributed by atoms with Crippen LogP contribution in [0.3, 0.4) is 0 Å². The molecule has 0 aromatic rings. The Bertz CT molecular complexity index is 114. The molecule has 0 aromatic carbocycles. The number of hydrogen-bond donors (Lipinski definition) is 0. The average molecular weight is 145 g/mol. The third-order valence-electron chi connectivity index (χ3n) is 1.21. The zero-order valence-corrected chi connectivity index (χ0v) is 5.95. The lowest BCUT2D eigenvalue weighted by atomic mass is 10.4. The van der Waals surface area contributed by atoms with E-state index in [0.717, 1.165) is 12.2 Å². The molecule has 1 rings (SSSR count). The second kappa shape index (κ2) is 3.11. The third kappa shape index (κ3) is 1.61. The Labute approximate surface area is 59.0 Å². The van der Waals surface area contributed by atoms with Crippen LogP contribution in [0.25, 0.3) is 0 Å². The van der Waals surface area contributed by atoms with E-state index in [2.05, 4.69) is 6.92 Å². The highest BCUT2D eigenvalue weighted by Gasteiger charge is 2.25. The molecule has 1 heterocycles. The summed E-state index contributed by atoms with van der Waals surface area (Å²) in [5, 5.41) is 0.0718. The molecule has 0 bridgehead atoms. The molecule has 0 N–H and O–H groups in total. The van der Waals surface area contributed by atoms with Gasteiger partial charge in [-0.2, -0.15) is 0 Å². The molecule has 0 aromatic heterocycles. The van der Waals surface area contributed by atoms with E-state index in [0.29, 0.717) is 6.61 Å². The summed E-state index contributed by atoms with van der Waals surface area (Å²) in [4.78, 5) is 10.7. The molecule has 1 aliphatic heterocycles. The zero-order valence-electron chi connectivity index (χ0n) is 5.13. The van der Waals surface area contributed by atoms with Crippen LogP contribution in [0.4, 0.5) is 0 Å². The maximum absolute atomic E-state index is 10.7. The van der Waals surface area contributed by atoms with Gasteiger partial charge in [-0.3, -0.25) is 4.79 Å². The molecular formula is C6H9O2S. The molecule has 1 saturated heterocycles. The average Bonchev–Trinajstić information content (AvgIpc) is 2.18. The van der Waals surface area contributed by atoms with Crippen LogP contribution in [0, 0.1) is 6.92 Å². The zero-order chi connectivity index (χ0) is 6.69. The summed E-state index contributed by atoms with van der Waals surface area (Å²) in [6, 6.07) is 0. The topological polar surface area (TPSA) is 26.3 Å². The molecule has 3 heteroatoms. The second-order valence-corrected chi connectivity index (χ2v) is 3.13. The van der Waals surface area contributed by atoms with Crippen LogP contribution in [0.15, 0.2) is 0 Å². The van der Waals surface area contributed by atoms with Crippen LogP contribution >= 0.6 is 11.8 Å². The highest BCUT2D eigenvalue weighted by molar-refractivity contribution is 8.00. The standard InChI is InChI=1S/C6H9O2S/c1-2-9-5-3-4-8-6(5)7/h5H,1-4H2. The predicted molar refractivity (Wildman–Crippen MR) is 37.2 cm³/mol. The maximum atomic E-state index is 10.7. The first kappa shape index (κ1) is 6.93. The van der Waals surface area contributed by atoms with Crippen LogP contribution in [-0.4, -0.2) is 23.6 Å². The van der Waals surface area contributed by atoms with Gasteiger partial charge in [-0.1, -0.05) is 0 Å². The largest absolute Gasteiger partial charge is 0.465 e. The monoisotopic (exact) mass is 145 g/mol. The molecule has 1 unspecified atom stereocenters. The lowest BCUT2D eigenvalue weighted by Gasteiger charge is -1.99. The Morgan fingerprint density at radius 1 is 1.89 bits per heavy atom. The molecule has 1 radical (unpaired) electrons. The molecule has 9 heavy (non-hydrogen) atoms. The van der Waals surface area contributed by atoms with E-state index < -0.39 is 0 Å². The normalized spacial score (nSPS) is 26.3. The summed E-state index contributed by atoms with van der Waals surface area (Å²) in [7, 11) is 0. The number of carbonyl (C=O) groups excluding carboxylic acids is 1. The third-order valence-corrected chi connectivity index (χ3v) is 2.27. The Morgan fingerprint density at radius 2 is 2.67 bits per heavy atom. The van der Waals surface area contributed by atoms with Crippen LogP contribution in [0.1, 0.15) is 6.42 Å². The first-order valence-electron chi connectivity index (χ1n) is 2.92. The van der Waals surface area contributed by atoms with E-state index in [1.165, 1.54) is 0 Å². The van der Waals surface area contributed by atoms with Gasteiger partial charge in [0.2, 0.25) is 0 Å². The predicted octanol–water partition coefficient (Wildman–Crippen LogP) is 0.869. The number of hydrogen-bond acceptors (Lipinski definition) is 3. The van der Waals surface area contributed by atoms with Gasteiger partial charge in [0.1, 0.15) is 5.25 Å². The van der Waals surface area contributed by atoms with Crippen molar-refractivity contribution in [2.24, 2.45) is 0 Å². The SMILES string of the molecule is [CH2]CSC1CCOC1=O. The van der Waals surface area contributed by atoms with E-state index in [1.807, 2.05) is 0 Å². The summed E-state index contributed by atoms with van der Waals surface area (Å²) in [6.45, 7) is 4.23. The molecule has 0 amide bonds. The van der Waals surface area contributed by atoms with Gasteiger partial charge in [0, 0.05) is 6.42 Å². The van der Waals surface area contributed by atoms with Crippen molar-refractivity contribution < 1.29 is 9.53 Å². The van der Waals surface area contributed by atoms with Gasteiger partial charge in [0.25, 0.3) is 0 Å². The minimum Gasteiger partial charge on any atom is -0.465 e. The van der Waals surface area contributed by atoms with E-state index in [-0.39, 0.29) is 11.2 Å². The molecule has 0 spiro atoms. The Hall–Kier alpha value is -0.180. The van der Waals surface area contributed by atoms with Crippen molar-refractivity contribution in [3.63, 3.8) is 0 Å². The van der Waals surface area contributed by atoms with Crippen LogP contribution in [0.5, 0.6) is 0 Å². The van der Waals surface area contributed by atoms with Gasteiger partial charge in [0.15, 0.2) is 0 Å². The number of ether oxygens (including phenoxy) is 1. The first-order valence-corrected chi connectivity index (χ1v) is 3.97. The molecule has 1 atom stereocenters. The summed E-state index contributed by atoms with van der Waals surface area (Å²) in [5.41, 5.74) is 0. The summed E-state index contributed by atoms with van der Waals surface area (Å²) in [5.74, 6) is 0.684. The van der Waals surface area contributed by atoms with Crippen molar-refractivity contribution in [2.45, 2.75) is 11.7 Å². The lowest BCUT2D eigenvalue weighted by molar-refractivity contribution is -0.137. The van der Waals surface area contributed by atoms with Crippen LogP contribution < -0.4 is 0 Å². The van der Waals surface area contributed by atoms with Crippen molar-refractivity contribution in [3.05, 3.63) is 6.92 Å². The number of rotatable bonds is 2. The van der Waals surface area contributed by atoms with Gasteiger partial charge in [-0.25, -0.2) is 0 Å². The maximum Gasteiger partial charge on any atom is 0.319 e. The molecule has 1 aliphatic rings. The fraction of sp³-hybridized carbons (Fsp3) is 0.667. The van der Waals surface area contributed by atoms with E-state index in [9.17, 15) is 4.79 Å². The minimum atomic E-state index is -0.0661. The summed E-state index contributed by atoms with van der Waals surface area (Å²) >= 11 is 1.56. The van der Waals surface area contributed by atoms with Crippen LogP contribution in [0.2, 0.25) is 0 Å². The van der Waals surface area contributed by atoms with Crippen molar-refractivity contribution in [3.8, 4) is 0 Å². The quantitative estimate of drug-likeness (QED) is 0.539. The van der Waals surface area contributed by atoms with E-state index in [1.54, 1.807) is 11.8 Å². The van der Waals surface area contributed by atoms with E-state index in [4.69, 9.17) is 4.74 Å². The summed E-state index contributed by atoms with van der Waals surface area (Å²) in [6.07, 6.45) is 0.860. The van der Waals surface area contributed by atoms with E-state index >= 15 is 0 Å². The number of carbonyl (C=O) groups is 1. The van der Waals surface area contributed by atoms with Gasteiger partial charge < -0.3 is 4.74 Å². The van der Waals surface area contributed by atoms with Gasteiger partial charge in [-0.05, 0) is 12.7 Å². The van der Waals surface area contributed by atoms with Crippen LogP contribution in [-0.2, 0) is 9.53 Å². The van der Waals surface area contributed by atoms with Gasteiger partial charge in [-0.15, -0.1) is 11.8 Å². The highest BCUT2D eigenvalue weighted by atomic mass is 32.2. The minimum absolute atomic E-state index is 0.0661. The van der Waals surface area contributed by atoms with Crippen molar-refractivity contribution in [1.82, 2.24) is 0 Å². The molecule has 51 valence electrons. The Balaban J connectivity index is 2.31. The molecular weight excluding hydrogens is 136 g/mol. The molecule has 1 fully saturated rings. The smallest absolute Gasteiger partial charge is 0.319 e. The van der Waals surface area contributed by atoms with Gasteiger partial charge in [0.05, 0.1) is 6.61 Å². The fourth-order valence-electron chi connectivity index (χ4n) is 0.771. The highest BCUT2D eigenvalue weighted by Crippen LogP contribution is 2.20. The van der Waals surface area contributed by atoms with Gasteiger partial charge >= 0.3 is 5.97 Å². The van der Waals surface area contributed by atoms with Crippen molar-refractivity contribution in [2.75, 3.05) is 12.4 Å². The molecule has 0 saturated carbocycles. The number of esters is 1. The van der Waals surface area contributed by atoms with Crippen molar-refractivity contribution in [1.29, 1.82) is 0 Å². The molecule has 2 nitrogen and oxygen atoms in total. The lowest BCUT2D eigenvalue weighted by Crippen LogP contribution is -2.09. The molecule has 0 aliphatic carbocycles. The Kier molecular flexibility index (Phi) is 2.39. The number of thioether (sulfide) groups is 1. The summed E-state index contributed by atoms with van der Waals surface area (Å²) < 4.78 is 4.73. The fourth-order valence-corrected chi connectivity index (χ4v) is 1.52. The Morgan fingerprint density at radius 3 is 3.11 bits per heavy atom. The first-order chi connectivity index (χ1) is 4.34.